The van der Waals surface area contributed by atoms with Crippen LogP contribution in [0.15, 0.2) is 89.6 Å². The molecule has 0 atom stereocenters. The SMILES string of the molecule is COc1cccc(C=C2N=C(SCC(=O)N3CCN(c4ccc(C(C)=O)cc4)CC3)N(c3ccccc3)C2=O)c1. The van der Waals surface area contributed by atoms with Gasteiger partial charge in [-0.05, 0) is 67.1 Å². The van der Waals surface area contributed by atoms with Crippen LogP contribution >= 0.6 is 11.8 Å². The third-order valence-electron chi connectivity index (χ3n) is 6.84. The molecule has 2 amide bonds. The standard InChI is InChI=1S/C31H30N4O4S/c1-22(36)24-11-13-25(14-12-24)33-15-17-34(18-16-33)29(37)21-40-31-32-28(20-23-7-6-10-27(19-23)39-2)30(38)35(31)26-8-4-3-5-9-26/h3-14,19-20H,15-18,21H2,1-2H3. The summed E-state index contributed by atoms with van der Waals surface area (Å²) in [6, 6.07) is 24.3. The zero-order valence-electron chi connectivity index (χ0n) is 22.4. The third-order valence-corrected chi connectivity index (χ3v) is 7.76. The normalized spacial score (nSPS) is 16.4. The number of hydrogen-bond acceptors (Lipinski definition) is 7. The molecule has 0 radical (unpaired) electrons. The molecule has 0 spiro atoms. The monoisotopic (exact) mass is 554 g/mol. The van der Waals surface area contributed by atoms with Crippen molar-refractivity contribution in [1.82, 2.24) is 4.90 Å². The molecule has 1 fully saturated rings. The van der Waals surface area contributed by atoms with E-state index in [2.05, 4.69) is 9.89 Å². The van der Waals surface area contributed by atoms with E-state index >= 15 is 0 Å². The van der Waals surface area contributed by atoms with E-state index in [1.807, 2.05) is 83.8 Å². The average Bonchev–Trinajstić information content (AvgIpc) is 3.30. The van der Waals surface area contributed by atoms with Crippen LogP contribution in [0.2, 0.25) is 0 Å². The van der Waals surface area contributed by atoms with Gasteiger partial charge in [-0.3, -0.25) is 19.3 Å². The molecule has 2 aliphatic heterocycles. The van der Waals surface area contributed by atoms with E-state index in [0.717, 1.165) is 11.3 Å². The van der Waals surface area contributed by atoms with Crippen LogP contribution in [0, 0.1) is 0 Å². The Morgan fingerprint density at radius 1 is 0.925 bits per heavy atom. The summed E-state index contributed by atoms with van der Waals surface area (Å²) in [6.45, 7) is 4.17. The van der Waals surface area contributed by atoms with Crippen molar-refractivity contribution in [1.29, 1.82) is 0 Å². The summed E-state index contributed by atoms with van der Waals surface area (Å²) >= 11 is 1.27. The van der Waals surface area contributed by atoms with Gasteiger partial charge in [0.25, 0.3) is 5.91 Å². The molecule has 5 rings (SSSR count). The highest BCUT2D eigenvalue weighted by Gasteiger charge is 2.33. The Balaban J connectivity index is 1.26. The van der Waals surface area contributed by atoms with Crippen LogP contribution in [0.25, 0.3) is 6.08 Å². The predicted molar refractivity (Wildman–Crippen MR) is 160 cm³/mol. The summed E-state index contributed by atoms with van der Waals surface area (Å²) in [5.74, 6) is 0.673. The quantitative estimate of drug-likeness (QED) is 0.311. The van der Waals surface area contributed by atoms with Gasteiger partial charge in [0.2, 0.25) is 5.91 Å². The Labute approximate surface area is 237 Å². The third kappa shape index (κ3) is 6.10. The number of amidine groups is 1. The fourth-order valence-corrected chi connectivity index (χ4v) is 5.54. The molecule has 8 nitrogen and oxygen atoms in total. The largest absolute Gasteiger partial charge is 0.497 e. The van der Waals surface area contributed by atoms with Crippen molar-refractivity contribution in [2.75, 3.05) is 48.8 Å². The number of carbonyl (C=O) groups is 3. The lowest BCUT2D eigenvalue weighted by Crippen LogP contribution is -2.49. The summed E-state index contributed by atoms with van der Waals surface area (Å²) < 4.78 is 5.30. The van der Waals surface area contributed by atoms with Crippen molar-refractivity contribution >= 4 is 52.0 Å². The number of nitrogens with zero attached hydrogens (tertiary/aromatic N) is 4. The number of ether oxygens (including phenoxy) is 1. The van der Waals surface area contributed by atoms with E-state index in [4.69, 9.17) is 4.74 Å². The molecule has 0 bridgehead atoms. The van der Waals surface area contributed by atoms with Crippen LogP contribution in [0.3, 0.4) is 0 Å². The molecule has 3 aromatic carbocycles. The zero-order valence-corrected chi connectivity index (χ0v) is 23.3. The molecule has 0 aromatic heterocycles. The molecule has 0 aliphatic carbocycles. The Morgan fingerprint density at radius 3 is 2.33 bits per heavy atom. The predicted octanol–water partition coefficient (Wildman–Crippen LogP) is 4.72. The molecule has 9 heteroatoms. The second-order valence-corrected chi connectivity index (χ2v) is 10.4. The van der Waals surface area contributed by atoms with Gasteiger partial charge in [-0.2, -0.15) is 0 Å². The minimum atomic E-state index is -0.242. The number of aliphatic imine (C=N–C) groups is 1. The highest BCUT2D eigenvalue weighted by atomic mass is 32.2. The number of Topliss-reactive ketones (excluding diaryl/α,β-unsaturated/α-hetero) is 1. The Hall–Kier alpha value is -4.37. The molecular weight excluding hydrogens is 524 g/mol. The van der Waals surface area contributed by atoms with E-state index in [1.54, 1.807) is 25.0 Å². The van der Waals surface area contributed by atoms with Crippen molar-refractivity contribution in [3.8, 4) is 5.75 Å². The smallest absolute Gasteiger partial charge is 0.283 e. The van der Waals surface area contributed by atoms with E-state index < -0.39 is 0 Å². The maximum atomic E-state index is 13.4. The van der Waals surface area contributed by atoms with Gasteiger partial charge in [-0.25, -0.2) is 4.99 Å². The zero-order chi connectivity index (χ0) is 28.1. The van der Waals surface area contributed by atoms with Gasteiger partial charge in [-0.1, -0.05) is 42.1 Å². The van der Waals surface area contributed by atoms with E-state index in [0.29, 0.717) is 54.0 Å². The van der Waals surface area contributed by atoms with Crippen LogP contribution in [0.5, 0.6) is 5.75 Å². The molecular formula is C31H30N4O4S. The van der Waals surface area contributed by atoms with Gasteiger partial charge in [0.1, 0.15) is 11.4 Å². The fourth-order valence-electron chi connectivity index (χ4n) is 4.63. The first-order valence-corrected chi connectivity index (χ1v) is 14.0. The van der Waals surface area contributed by atoms with Crippen LogP contribution in [-0.2, 0) is 9.59 Å². The molecule has 204 valence electrons. The highest BCUT2D eigenvalue weighted by molar-refractivity contribution is 8.14. The average molecular weight is 555 g/mol. The summed E-state index contributed by atoms with van der Waals surface area (Å²) in [7, 11) is 1.60. The maximum Gasteiger partial charge on any atom is 0.283 e. The first kappa shape index (κ1) is 27.2. The topological polar surface area (TPSA) is 82.5 Å². The van der Waals surface area contributed by atoms with Crippen molar-refractivity contribution in [2.24, 2.45) is 4.99 Å². The number of thioether (sulfide) groups is 1. The minimum Gasteiger partial charge on any atom is -0.497 e. The Morgan fingerprint density at radius 2 is 1.65 bits per heavy atom. The number of piperazine rings is 1. The molecule has 2 heterocycles. The summed E-state index contributed by atoms with van der Waals surface area (Å²) in [5, 5.41) is 0.475. The number of para-hydroxylation sites is 1. The second-order valence-electron chi connectivity index (χ2n) is 9.44. The fraction of sp³-hybridized carbons (Fsp3) is 0.226. The summed E-state index contributed by atoms with van der Waals surface area (Å²) in [4.78, 5) is 48.4. The van der Waals surface area contributed by atoms with Gasteiger partial charge < -0.3 is 14.5 Å². The van der Waals surface area contributed by atoms with Crippen LogP contribution < -0.4 is 14.5 Å². The molecule has 0 N–H and O–H groups in total. The Bertz CT molecular complexity index is 1460. The van der Waals surface area contributed by atoms with Crippen molar-refractivity contribution in [3.05, 3.63) is 95.7 Å². The minimum absolute atomic E-state index is 0.00460. The maximum absolute atomic E-state index is 13.4. The number of rotatable bonds is 7. The van der Waals surface area contributed by atoms with Gasteiger partial charge >= 0.3 is 0 Å². The summed E-state index contributed by atoms with van der Waals surface area (Å²) in [5.41, 5.74) is 3.53. The number of ketones is 1. The van der Waals surface area contributed by atoms with Crippen molar-refractivity contribution in [2.45, 2.75) is 6.92 Å². The number of hydrogen-bond donors (Lipinski definition) is 0. The molecule has 0 saturated carbocycles. The molecule has 3 aromatic rings. The lowest BCUT2D eigenvalue weighted by Gasteiger charge is -2.36. The van der Waals surface area contributed by atoms with Crippen molar-refractivity contribution in [3.63, 3.8) is 0 Å². The van der Waals surface area contributed by atoms with E-state index in [-0.39, 0.29) is 23.4 Å². The Kier molecular flexibility index (Phi) is 8.31. The van der Waals surface area contributed by atoms with E-state index in [9.17, 15) is 14.4 Å². The molecule has 1 saturated heterocycles. The van der Waals surface area contributed by atoms with E-state index in [1.165, 1.54) is 11.8 Å². The van der Waals surface area contributed by atoms with Gasteiger partial charge in [0.15, 0.2) is 11.0 Å². The molecule has 0 unspecified atom stereocenters. The van der Waals surface area contributed by atoms with Gasteiger partial charge in [-0.15, -0.1) is 0 Å². The van der Waals surface area contributed by atoms with Crippen LogP contribution in [-0.4, -0.2) is 66.7 Å². The first-order valence-electron chi connectivity index (χ1n) is 13.0. The number of benzene rings is 3. The first-order chi connectivity index (χ1) is 19.4. The van der Waals surface area contributed by atoms with Gasteiger partial charge in [0, 0.05) is 37.4 Å². The number of amides is 2. The van der Waals surface area contributed by atoms with Crippen LogP contribution in [0.4, 0.5) is 11.4 Å². The summed E-state index contributed by atoms with van der Waals surface area (Å²) in [6.07, 6.45) is 1.73. The molecule has 40 heavy (non-hydrogen) atoms. The number of anilines is 2. The van der Waals surface area contributed by atoms with Crippen LogP contribution in [0.1, 0.15) is 22.8 Å². The van der Waals surface area contributed by atoms with Gasteiger partial charge in [0.05, 0.1) is 18.6 Å². The lowest BCUT2D eigenvalue weighted by atomic mass is 10.1. The van der Waals surface area contributed by atoms with Crippen molar-refractivity contribution < 1.29 is 19.1 Å². The number of carbonyl (C=O) groups excluding carboxylic acids is 3. The lowest BCUT2D eigenvalue weighted by molar-refractivity contribution is -0.128. The second kappa shape index (κ2) is 12.2. The highest BCUT2D eigenvalue weighted by Crippen LogP contribution is 2.30. The number of methoxy groups -OCH3 is 1. The molecule has 2 aliphatic rings.